The molecular formula is C23H17BrCl2N4O2S2. The summed E-state index contributed by atoms with van der Waals surface area (Å²) in [6, 6.07) is 17.0. The quantitative estimate of drug-likeness (QED) is 0.180. The lowest BCUT2D eigenvalue weighted by atomic mass is 10.1. The number of nitrogens with one attached hydrogen (secondary N) is 2. The fraction of sp³-hybridized carbons (Fsp3) is 0.0870. The minimum absolute atomic E-state index is 0.284. The zero-order valence-corrected chi connectivity index (χ0v) is 22.4. The van der Waals surface area contributed by atoms with Gasteiger partial charge in [-0.15, -0.1) is 11.3 Å². The molecule has 2 N–H and O–H groups in total. The number of carbonyl (C=O) groups is 1. The van der Waals surface area contributed by atoms with Gasteiger partial charge in [0.05, 0.1) is 33.7 Å². The third-order valence-electron chi connectivity index (χ3n) is 4.70. The van der Waals surface area contributed by atoms with E-state index >= 15 is 0 Å². The summed E-state index contributed by atoms with van der Waals surface area (Å²) in [4.78, 5) is 13.2. The highest BCUT2D eigenvalue weighted by atomic mass is 79.9. The number of benzene rings is 2. The number of thiophene rings is 1. The smallest absolute Gasteiger partial charge is 0.340 e. The summed E-state index contributed by atoms with van der Waals surface area (Å²) in [6.07, 6.45) is 1.83. The van der Waals surface area contributed by atoms with Crippen LogP contribution in [-0.2, 0) is 11.3 Å². The van der Waals surface area contributed by atoms with Crippen molar-refractivity contribution in [3.63, 3.8) is 0 Å². The molecule has 0 aliphatic carbocycles. The molecule has 6 nitrogen and oxygen atoms in total. The highest BCUT2D eigenvalue weighted by molar-refractivity contribution is 9.10. The van der Waals surface area contributed by atoms with E-state index in [9.17, 15) is 4.79 Å². The molecule has 4 rings (SSSR count). The van der Waals surface area contributed by atoms with Crippen molar-refractivity contribution >= 4 is 84.6 Å². The van der Waals surface area contributed by atoms with Crippen LogP contribution in [-0.4, -0.2) is 28.0 Å². The van der Waals surface area contributed by atoms with Gasteiger partial charge in [0.15, 0.2) is 10.9 Å². The number of methoxy groups -OCH3 is 1. The SMILES string of the molecule is COC(=O)c1cc(-c2ccccc2)sc1NC(=S)Nc1nn(Cc2ccc(Cl)c(Cl)c2)cc1Br. The van der Waals surface area contributed by atoms with Crippen LogP contribution in [0.5, 0.6) is 0 Å². The van der Waals surface area contributed by atoms with Gasteiger partial charge in [-0.05, 0) is 57.5 Å². The topological polar surface area (TPSA) is 68.2 Å². The van der Waals surface area contributed by atoms with Crippen LogP contribution in [0.15, 0.2) is 65.3 Å². The summed E-state index contributed by atoms with van der Waals surface area (Å²) < 4.78 is 7.41. The molecule has 0 radical (unpaired) electrons. The molecule has 2 heterocycles. The number of thiocarbonyl (C=S) groups is 1. The Hall–Kier alpha value is -2.43. The number of carbonyl (C=O) groups excluding carboxylic acids is 1. The summed E-state index contributed by atoms with van der Waals surface area (Å²) >= 11 is 22.5. The van der Waals surface area contributed by atoms with E-state index in [4.69, 9.17) is 40.2 Å². The van der Waals surface area contributed by atoms with E-state index in [1.54, 1.807) is 22.9 Å². The molecule has 4 aromatic rings. The van der Waals surface area contributed by atoms with Gasteiger partial charge in [-0.2, -0.15) is 5.10 Å². The largest absolute Gasteiger partial charge is 0.465 e. The van der Waals surface area contributed by atoms with E-state index in [-0.39, 0.29) is 5.11 Å². The Morgan fingerprint density at radius 2 is 1.91 bits per heavy atom. The monoisotopic (exact) mass is 594 g/mol. The number of aromatic nitrogens is 2. The van der Waals surface area contributed by atoms with E-state index in [2.05, 4.69) is 31.7 Å². The first-order chi connectivity index (χ1) is 16.3. The number of anilines is 2. The van der Waals surface area contributed by atoms with Crippen molar-refractivity contribution in [3.8, 4) is 10.4 Å². The van der Waals surface area contributed by atoms with Gasteiger partial charge in [-0.3, -0.25) is 4.68 Å². The van der Waals surface area contributed by atoms with E-state index in [0.717, 1.165) is 20.5 Å². The molecule has 2 aromatic carbocycles. The molecule has 2 aromatic heterocycles. The van der Waals surface area contributed by atoms with Gasteiger partial charge < -0.3 is 15.4 Å². The first-order valence-corrected chi connectivity index (χ1v) is 12.6. The van der Waals surface area contributed by atoms with Crippen LogP contribution in [0, 0.1) is 0 Å². The Bertz CT molecular complexity index is 1360. The van der Waals surface area contributed by atoms with Gasteiger partial charge in [-0.25, -0.2) is 4.79 Å². The molecule has 0 aliphatic heterocycles. The lowest BCUT2D eigenvalue weighted by Crippen LogP contribution is -2.20. The van der Waals surface area contributed by atoms with Crippen molar-refractivity contribution in [1.29, 1.82) is 0 Å². The zero-order valence-electron chi connectivity index (χ0n) is 17.6. The molecule has 0 unspecified atom stereocenters. The number of rotatable bonds is 6. The maximum absolute atomic E-state index is 12.3. The summed E-state index contributed by atoms with van der Waals surface area (Å²) in [5.41, 5.74) is 2.35. The third-order valence-corrected chi connectivity index (χ3v) is 7.32. The van der Waals surface area contributed by atoms with Gasteiger partial charge in [-0.1, -0.05) is 59.6 Å². The average molecular weight is 596 g/mol. The molecule has 0 amide bonds. The Labute approximate surface area is 224 Å². The second-order valence-corrected chi connectivity index (χ2v) is 10.2. The molecule has 0 aliphatic rings. The van der Waals surface area contributed by atoms with Crippen LogP contribution in [0.1, 0.15) is 15.9 Å². The molecule has 0 saturated carbocycles. The van der Waals surface area contributed by atoms with Crippen LogP contribution >= 0.6 is 62.7 Å². The number of halogens is 3. The van der Waals surface area contributed by atoms with Crippen molar-refractivity contribution < 1.29 is 9.53 Å². The minimum Gasteiger partial charge on any atom is -0.465 e. The number of ether oxygens (including phenoxy) is 1. The van der Waals surface area contributed by atoms with Crippen molar-refractivity contribution in [1.82, 2.24) is 9.78 Å². The summed E-state index contributed by atoms with van der Waals surface area (Å²) in [7, 11) is 1.35. The summed E-state index contributed by atoms with van der Waals surface area (Å²) in [5, 5.41) is 12.6. The van der Waals surface area contributed by atoms with Crippen LogP contribution < -0.4 is 10.6 Å². The van der Waals surface area contributed by atoms with E-state index < -0.39 is 5.97 Å². The van der Waals surface area contributed by atoms with Gasteiger partial charge in [0.2, 0.25) is 0 Å². The predicted octanol–water partition coefficient (Wildman–Crippen LogP) is 7.32. The number of hydrogen-bond acceptors (Lipinski definition) is 5. The van der Waals surface area contributed by atoms with Gasteiger partial charge in [0.25, 0.3) is 0 Å². The molecule has 0 bridgehead atoms. The summed E-state index contributed by atoms with van der Waals surface area (Å²) in [5.74, 6) is 0.0767. The molecular weight excluding hydrogens is 579 g/mol. The lowest BCUT2D eigenvalue weighted by molar-refractivity contribution is 0.0602. The van der Waals surface area contributed by atoms with Crippen LogP contribution in [0.25, 0.3) is 10.4 Å². The minimum atomic E-state index is -0.448. The van der Waals surface area contributed by atoms with E-state index in [1.807, 2.05) is 42.6 Å². The first kappa shape index (κ1) is 24.7. The molecule has 34 heavy (non-hydrogen) atoms. The van der Waals surface area contributed by atoms with Gasteiger partial charge in [0.1, 0.15) is 5.00 Å². The predicted molar refractivity (Wildman–Crippen MR) is 146 cm³/mol. The second-order valence-electron chi connectivity index (χ2n) is 7.06. The molecule has 11 heteroatoms. The number of esters is 1. The van der Waals surface area contributed by atoms with E-state index in [0.29, 0.717) is 33.0 Å². The third kappa shape index (κ3) is 5.79. The number of nitrogens with zero attached hydrogens (tertiary/aromatic N) is 2. The Kier molecular flexibility index (Phi) is 7.90. The fourth-order valence-corrected chi connectivity index (χ4v) is 5.17. The Morgan fingerprint density at radius 1 is 1.15 bits per heavy atom. The van der Waals surface area contributed by atoms with Gasteiger partial charge >= 0.3 is 5.97 Å². The normalized spacial score (nSPS) is 10.7. The van der Waals surface area contributed by atoms with Crippen molar-refractivity contribution in [2.24, 2.45) is 0 Å². The molecule has 0 atom stereocenters. The Morgan fingerprint density at radius 3 is 2.62 bits per heavy atom. The maximum atomic E-state index is 12.3. The molecule has 174 valence electrons. The highest BCUT2D eigenvalue weighted by Crippen LogP contribution is 2.36. The van der Waals surface area contributed by atoms with Crippen LogP contribution in [0.2, 0.25) is 10.0 Å². The van der Waals surface area contributed by atoms with Crippen molar-refractivity contribution in [2.45, 2.75) is 6.54 Å². The highest BCUT2D eigenvalue weighted by Gasteiger charge is 2.19. The molecule has 0 saturated heterocycles. The second kappa shape index (κ2) is 10.9. The van der Waals surface area contributed by atoms with Crippen LogP contribution in [0.3, 0.4) is 0 Å². The van der Waals surface area contributed by atoms with Crippen LogP contribution in [0.4, 0.5) is 10.8 Å². The van der Waals surface area contributed by atoms with Crippen molar-refractivity contribution in [2.75, 3.05) is 17.7 Å². The fourth-order valence-electron chi connectivity index (χ4n) is 3.12. The number of hydrogen-bond donors (Lipinski definition) is 2. The maximum Gasteiger partial charge on any atom is 0.340 e. The average Bonchev–Trinajstić information content (AvgIpc) is 3.39. The summed E-state index contributed by atoms with van der Waals surface area (Å²) in [6.45, 7) is 0.495. The standard InChI is InChI=1S/C23H17BrCl2N4O2S2/c1-32-22(31)15-10-19(14-5-3-2-4-6-14)34-21(15)28-23(33)27-20-16(24)12-30(29-20)11-13-7-8-17(25)18(26)9-13/h2-10,12H,11H2,1H3,(H2,27,28,29,33). The molecule has 0 spiro atoms. The van der Waals surface area contributed by atoms with Gasteiger partial charge in [0, 0.05) is 11.1 Å². The lowest BCUT2D eigenvalue weighted by Gasteiger charge is -2.09. The Balaban J connectivity index is 1.50. The van der Waals surface area contributed by atoms with E-state index in [1.165, 1.54) is 18.4 Å². The first-order valence-electron chi connectivity index (χ1n) is 9.86. The van der Waals surface area contributed by atoms with Crippen molar-refractivity contribution in [3.05, 3.63) is 86.4 Å². The molecule has 0 fully saturated rings. The zero-order chi connectivity index (χ0) is 24.2.